The van der Waals surface area contributed by atoms with Crippen LogP contribution >= 0.6 is 11.6 Å². The zero-order valence-electron chi connectivity index (χ0n) is 7.64. The van der Waals surface area contributed by atoms with Crippen LogP contribution in [0.3, 0.4) is 0 Å². The van der Waals surface area contributed by atoms with Crippen molar-refractivity contribution < 1.29 is 4.74 Å². The van der Waals surface area contributed by atoms with Crippen LogP contribution in [0.4, 0.5) is 0 Å². The maximum atomic E-state index is 5.61. The number of allylic oxidation sites excluding steroid dienone is 1. The van der Waals surface area contributed by atoms with Gasteiger partial charge in [-0.05, 0) is 25.8 Å². The summed E-state index contributed by atoms with van der Waals surface area (Å²) >= 11 is 5.61. The molecule has 1 unspecified atom stereocenters. The molecule has 0 fully saturated rings. The van der Waals surface area contributed by atoms with Crippen LogP contribution in [-0.2, 0) is 4.74 Å². The molecule has 2 heteroatoms. The molecule has 0 saturated heterocycles. The Labute approximate surface area is 79.1 Å². The Morgan fingerprint density at radius 1 is 1.83 bits per heavy atom. The summed E-state index contributed by atoms with van der Waals surface area (Å²) in [6.45, 7) is 4.96. The highest BCUT2D eigenvalue weighted by atomic mass is 35.5. The average Bonchev–Trinajstić information content (AvgIpc) is 2.05. The second-order valence-electron chi connectivity index (χ2n) is 3.18. The van der Waals surface area contributed by atoms with E-state index in [2.05, 4.69) is 19.9 Å². The third-order valence-corrected chi connectivity index (χ3v) is 2.30. The Bertz CT molecular complexity index is 206. The van der Waals surface area contributed by atoms with E-state index in [1.54, 1.807) is 0 Å². The van der Waals surface area contributed by atoms with Crippen LogP contribution in [0, 0.1) is 0 Å². The van der Waals surface area contributed by atoms with Gasteiger partial charge in [0.15, 0.2) is 0 Å². The molecular weight excluding hydrogens is 172 g/mol. The Balaban J connectivity index is 2.54. The first kappa shape index (κ1) is 9.82. The van der Waals surface area contributed by atoms with Crippen LogP contribution in [0.25, 0.3) is 0 Å². The van der Waals surface area contributed by atoms with Crippen LogP contribution in [0.2, 0.25) is 0 Å². The van der Waals surface area contributed by atoms with E-state index < -0.39 is 0 Å². The molecule has 0 spiro atoms. The summed E-state index contributed by atoms with van der Waals surface area (Å²) in [7, 11) is 0. The molecule has 0 aromatic rings. The van der Waals surface area contributed by atoms with Gasteiger partial charge in [0, 0.05) is 5.88 Å². The summed E-state index contributed by atoms with van der Waals surface area (Å²) in [5.74, 6) is 0.578. The van der Waals surface area contributed by atoms with Gasteiger partial charge in [0.1, 0.15) is 0 Å². The summed E-state index contributed by atoms with van der Waals surface area (Å²) < 4.78 is 5.56. The lowest BCUT2D eigenvalue weighted by Gasteiger charge is -2.22. The van der Waals surface area contributed by atoms with E-state index in [4.69, 9.17) is 16.3 Å². The van der Waals surface area contributed by atoms with Gasteiger partial charge < -0.3 is 4.74 Å². The van der Waals surface area contributed by atoms with Crippen molar-refractivity contribution in [1.29, 1.82) is 0 Å². The monoisotopic (exact) mass is 186 g/mol. The lowest BCUT2D eigenvalue weighted by Crippen LogP contribution is -2.19. The van der Waals surface area contributed by atoms with Crippen molar-refractivity contribution in [2.45, 2.75) is 26.4 Å². The van der Waals surface area contributed by atoms with Gasteiger partial charge in [-0.25, -0.2) is 0 Å². The maximum absolute atomic E-state index is 5.61. The minimum atomic E-state index is 0.258. The third kappa shape index (κ3) is 2.65. The predicted octanol–water partition coefficient (Wildman–Crippen LogP) is 2.91. The predicted molar refractivity (Wildman–Crippen MR) is 52.6 cm³/mol. The molecule has 1 heterocycles. The standard InChI is InChI=1S/C10H15ClO/c1-8-4-6-12-10(7-8)9(2)3-5-11/h3-4,10H,5-7H2,1-2H3. The van der Waals surface area contributed by atoms with Gasteiger partial charge in [-0.2, -0.15) is 0 Å². The molecule has 0 aromatic carbocycles. The van der Waals surface area contributed by atoms with Crippen molar-refractivity contribution in [1.82, 2.24) is 0 Å². The number of halogens is 1. The SMILES string of the molecule is CC1=CCOC(C(C)=CCCl)C1. The van der Waals surface area contributed by atoms with Crippen LogP contribution < -0.4 is 0 Å². The van der Waals surface area contributed by atoms with Crippen molar-refractivity contribution in [2.75, 3.05) is 12.5 Å². The highest BCUT2D eigenvalue weighted by Crippen LogP contribution is 2.19. The molecule has 1 atom stereocenters. The molecule has 1 nitrogen and oxygen atoms in total. The fraction of sp³-hybridized carbons (Fsp3) is 0.600. The van der Waals surface area contributed by atoms with E-state index in [1.807, 2.05) is 6.08 Å². The molecule has 0 saturated carbocycles. The molecule has 12 heavy (non-hydrogen) atoms. The Hall–Kier alpha value is -0.270. The average molecular weight is 187 g/mol. The van der Waals surface area contributed by atoms with E-state index in [-0.39, 0.29) is 6.10 Å². The summed E-state index contributed by atoms with van der Waals surface area (Å²) in [4.78, 5) is 0. The van der Waals surface area contributed by atoms with E-state index >= 15 is 0 Å². The Kier molecular flexibility index (Phi) is 3.83. The first-order valence-corrected chi connectivity index (χ1v) is 4.77. The molecule has 0 radical (unpaired) electrons. The lowest BCUT2D eigenvalue weighted by molar-refractivity contribution is 0.0904. The smallest absolute Gasteiger partial charge is 0.0823 e. The largest absolute Gasteiger partial charge is 0.369 e. The number of rotatable bonds is 2. The number of ether oxygens (including phenoxy) is 1. The lowest BCUT2D eigenvalue weighted by atomic mass is 10.0. The molecule has 0 bridgehead atoms. The van der Waals surface area contributed by atoms with Crippen molar-refractivity contribution >= 4 is 11.6 Å². The van der Waals surface area contributed by atoms with Gasteiger partial charge in [0.05, 0.1) is 12.7 Å². The minimum Gasteiger partial charge on any atom is -0.369 e. The van der Waals surface area contributed by atoms with Crippen molar-refractivity contribution in [3.05, 3.63) is 23.3 Å². The van der Waals surface area contributed by atoms with Gasteiger partial charge in [0.25, 0.3) is 0 Å². The fourth-order valence-electron chi connectivity index (χ4n) is 1.29. The first-order chi connectivity index (χ1) is 5.74. The molecule has 1 aliphatic rings. The third-order valence-electron chi connectivity index (χ3n) is 2.14. The molecule has 0 amide bonds. The first-order valence-electron chi connectivity index (χ1n) is 4.24. The molecule has 1 aliphatic heterocycles. The van der Waals surface area contributed by atoms with Gasteiger partial charge in [-0.3, -0.25) is 0 Å². The van der Waals surface area contributed by atoms with Gasteiger partial charge in [0.2, 0.25) is 0 Å². The fourth-order valence-corrected chi connectivity index (χ4v) is 1.53. The summed E-state index contributed by atoms with van der Waals surface area (Å²) in [6.07, 6.45) is 5.42. The molecule has 0 N–H and O–H groups in total. The number of hydrogen-bond donors (Lipinski definition) is 0. The second kappa shape index (κ2) is 4.68. The van der Waals surface area contributed by atoms with E-state index in [0.717, 1.165) is 13.0 Å². The van der Waals surface area contributed by atoms with Crippen molar-refractivity contribution in [3.8, 4) is 0 Å². The molecular formula is C10H15ClO. The summed E-state index contributed by atoms with van der Waals surface area (Å²) in [5.41, 5.74) is 2.66. The molecule has 68 valence electrons. The molecule has 0 aliphatic carbocycles. The zero-order valence-corrected chi connectivity index (χ0v) is 8.40. The topological polar surface area (TPSA) is 9.23 Å². The Morgan fingerprint density at radius 2 is 2.58 bits per heavy atom. The van der Waals surface area contributed by atoms with E-state index in [9.17, 15) is 0 Å². The van der Waals surface area contributed by atoms with Crippen molar-refractivity contribution in [3.63, 3.8) is 0 Å². The van der Waals surface area contributed by atoms with Gasteiger partial charge in [-0.15, -0.1) is 11.6 Å². The van der Waals surface area contributed by atoms with Crippen molar-refractivity contribution in [2.24, 2.45) is 0 Å². The van der Waals surface area contributed by atoms with Crippen LogP contribution in [0.15, 0.2) is 23.3 Å². The quantitative estimate of drug-likeness (QED) is 0.476. The van der Waals surface area contributed by atoms with Crippen LogP contribution in [0.5, 0.6) is 0 Å². The van der Waals surface area contributed by atoms with Crippen LogP contribution in [0.1, 0.15) is 20.3 Å². The molecule has 0 aromatic heterocycles. The van der Waals surface area contributed by atoms with E-state index in [0.29, 0.717) is 5.88 Å². The number of hydrogen-bond acceptors (Lipinski definition) is 1. The van der Waals surface area contributed by atoms with E-state index in [1.165, 1.54) is 11.1 Å². The number of alkyl halides is 1. The normalized spacial score (nSPS) is 25.4. The summed E-state index contributed by atoms with van der Waals surface area (Å²) in [6, 6.07) is 0. The van der Waals surface area contributed by atoms with Gasteiger partial charge in [-0.1, -0.05) is 17.7 Å². The van der Waals surface area contributed by atoms with Gasteiger partial charge >= 0.3 is 0 Å². The van der Waals surface area contributed by atoms with Crippen LogP contribution in [-0.4, -0.2) is 18.6 Å². The minimum absolute atomic E-state index is 0.258. The maximum Gasteiger partial charge on any atom is 0.0823 e. The summed E-state index contributed by atoms with van der Waals surface area (Å²) in [5, 5.41) is 0. The highest BCUT2D eigenvalue weighted by Gasteiger charge is 2.14. The zero-order chi connectivity index (χ0) is 8.97. The Morgan fingerprint density at radius 3 is 3.17 bits per heavy atom. The highest BCUT2D eigenvalue weighted by molar-refractivity contribution is 6.18. The molecule has 1 rings (SSSR count). The second-order valence-corrected chi connectivity index (χ2v) is 3.49.